The maximum Gasteiger partial charge on any atom is 0.244 e. The van der Waals surface area contributed by atoms with Crippen LogP contribution in [0, 0.1) is 0 Å². The van der Waals surface area contributed by atoms with E-state index in [1.165, 1.54) is 4.90 Å². The number of hydrogen-bond acceptors (Lipinski definition) is 3. The minimum absolute atomic E-state index is 0.359. The lowest BCUT2D eigenvalue weighted by molar-refractivity contribution is -0.906. The Bertz CT molecular complexity index is 609. The van der Waals surface area contributed by atoms with Gasteiger partial charge in [0.05, 0.1) is 31.1 Å². The monoisotopic (exact) mass is 389 g/mol. The molecule has 7 heteroatoms. The highest BCUT2D eigenvalue weighted by Gasteiger charge is 2.32. The van der Waals surface area contributed by atoms with Gasteiger partial charge in [0.25, 0.3) is 0 Å². The maximum atomic E-state index is 12.7. The summed E-state index contributed by atoms with van der Waals surface area (Å²) in [5.74, 6) is 0. The van der Waals surface area contributed by atoms with Gasteiger partial charge in [-0.1, -0.05) is 12.1 Å². The Morgan fingerprint density at radius 3 is 2.64 bits per heavy atom. The number of ether oxygens (including phenoxy) is 1. The number of quaternary nitrogens is 1. The summed E-state index contributed by atoms with van der Waals surface area (Å²) in [6.07, 6.45) is 2.66. The number of halogens is 1. The zero-order chi connectivity index (χ0) is 15.6. The lowest BCUT2D eigenvalue weighted by atomic mass is 10.2. The Hall–Kier alpha value is -0.470. The van der Waals surface area contributed by atoms with Crippen molar-refractivity contribution in [1.29, 1.82) is 0 Å². The second-order valence-corrected chi connectivity index (χ2v) is 8.68. The third-order valence-electron chi connectivity index (χ3n) is 4.42. The molecule has 0 amide bonds. The highest BCUT2D eigenvalue weighted by molar-refractivity contribution is 9.10. The van der Waals surface area contributed by atoms with Crippen molar-refractivity contribution < 1.29 is 18.1 Å². The maximum absolute atomic E-state index is 12.7. The molecule has 2 fully saturated rings. The van der Waals surface area contributed by atoms with Gasteiger partial charge in [-0.05, 0) is 40.9 Å². The lowest BCUT2D eigenvalue weighted by Gasteiger charge is -2.32. The molecule has 2 saturated heterocycles. The van der Waals surface area contributed by atoms with Crippen LogP contribution in [0.15, 0.2) is 33.6 Å². The molecule has 2 aliphatic rings. The summed E-state index contributed by atoms with van der Waals surface area (Å²) in [4.78, 5) is 1.81. The molecule has 2 heterocycles. The Morgan fingerprint density at radius 2 is 2.00 bits per heavy atom. The largest absolute Gasteiger partial charge is 0.372 e. The van der Waals surface area contributed by atoms with E-state index < -0.39 is 10.0 Å². The number of sulfonamides is 1. The number of nitrogens with zero attached hydrogens (tertiary/aromatic N) is 1. The van der Waals surface area contributed by atoms with Crippen molar-refractivity contribution in [2.45, 2.75) is 23.8 Å². The summed E-state index contributed by atoms with van der Waals surface area (Å²) < 4.78 is 33.4. The van der Waals surface area contributed by atoms with E-state index in [9.17, 15) is 8.42 Å². The van der Waals surface area contributed by atoms with Crippen LogP contribution in [0.4, 0.5) is 0 Å². The van der Waals surface area contributed by atoms with Gasteiger partial charge in [0.15, 0.2) is 0 Å². The quantitative estimate of drug-likeness (QED) is 0.816. The van der Waals surface area contributed by atoms with Crippen LogP contribution in [0.1, 0.15) is 12.8 Å². The molecule has 5 nitrogen and oxygen atoms in total. The molecule has 1 aromatic rings. The topological polar surface area (TPSA) is 51.0 Å². The second kappa shape index (κ2) is 6.97. The van der Waals surface area contributed by atoms with Crippen molar-refractivity contribution in [2.24, 2.45) is 0 Å². The summed E-state index contributed by atoms with van der Waals surface area (Å²) in [6.45, 7) is 4.73. The Morgan fingerprint density at radius 1 is 1.27 bits per heavy atom. The predicted molar refractivity (Wildman–Crippen MR) is 87.4 cm³/mol. The molecule has 0 spiro atoms. The Labute approximate surface area is 140 Å². The molecule has 122 valence electrons. The third-order valence-corrected chi connectivity index (χ3v) is 7.34. The number of benzene rings is 1. The fraction of sp³-hybridized carbons (Fsp3) is 0.600. The van der Waals surface area contributed by atoms with Gasteiger partial charge < -0.3 is 9.64 Å². The van der Waals surface area contributed by atoms with Gasteiger partial charge in [0.2, 0.25) is 10.0 Å². The summed E-state index contributed by atoms with van der Waals surface area (Å²) in [6, 6.07) is 7.01. The van der Waals surface area contributed by atoms with Crippen LogP contribution in [0.2, 0.25) is 0 Å². The van der Waals surface area contributed by atoms with E-state index in [1.807, 2.05) is 6.07 Å². The van der Waals surface area contributed by atoms with Crippen molar-refractivity contribution in [1.82, 2.24) is 4.31 Å². The van der Waals surface area contributed by atoms with Crippen LogP contribution >= 0.6 is 15.9 Å². The van der Waals surface area contributed by atoms with Crippen LogP contribution in [-0.4, -0.2) is 58.2 Å². The minimum Gasteiger partial charge on any atom is -0.372 e. The van der Waals surface area contributed by atoms with Crippen LogP contribution in [-0.2, 0) is 14.8 Å². The van der Waals surface area contributed by atoms with Gasteiger partial charge in [0, 0.05) is 11.1 Å². The average molecular weight is 390 g/mol. The highest BCUT2D eigenvalue weighted by Crippen LogP contribution is 2.24. The molecule has 0 bridgehead atoms. The fourth-order valence-electron chi connectivity index (χ4n) is 3.17. The van der Waals surface area contributed by atoms with Gasteiger partial charge in [-0.25, -0.2) is 8.42 Å². The Kier molecular flexibility index (Phi) is 5.19. The smallest absolute Gasteiger partial charge is 0.244 e. The van der Waals surface area contributed by atoms with Gasteiger partial charge in [-0.3, -0.25) is 0 Å². The van der Waals surface area contributed by atoms with Crippen LogP contribution in [0.5, 0.6) is 0 Å². The molecule has 1 aromatic carbocycles. The molecule has 2 aliphatic heterocycles. The van der Waals surface area contributed by atoms with Gasteiger partial charge in [0.1, 0.15) is 12.6 Å². The minimum atomic E-state index is -3.40. The van der Waals surface area contributed by atoms with Crippen LogP contribution in [0.3, 0.4) is 0 Å². The molecule has 0 unspecified atom stereocenters. The molecule has 22 heavy (non-hydrogen) atoms. The SMILES string of the molecule is O=S(=O)(c1ccccc1Br)N1CC[NH+](C[C@@H]2CCCO2)CC1. The second-order valence-electron chi connectivity index (χ2n) is 5.92. The zero-order valence-electron chi connectivity index (χ0n) is 12.5. The first kappa shape index (κ1) is 16.4. The van der Waals surface area contributed by atoms with E-state index in [2.05, 4.69) is 15.9 Å². The van der Waals surface area contributed by atoms with Crippen molar-refractivity contribution in [2.75, 3.05) is 39.3 Å². The van der Waals surface area contributed by atoms with Crippen LogP contribution < -0.4 is 4.90 Å². The number of hydrogen-bond donors (Lipinski definition) is 1. The zero-order valence-corrected chi connectivity index (χ0v) is 14.9. The van der Waals surface area contributed by atoms with Gasteiger partial charge in [-0.2, -0.15) is 4.31 Å². The Balaban J connectivity index is 1.62. The highest BCUT2D eigenvalue weighted by atomic mass is 79.9. The van der Waals surface area contributed by atoms with E-state index in [1.54, 1.807) is 22.5 Å². The molecule has 1 N–H and O–H groups in total. The van der Waals surface area contributed by atoms with Gasteiger partial charge >= 0.3 is 0 Å². The van der Waals surface area contributed by atoms with E-state index >= 15 is 0 Å². The third kappa shape index (κ3) is 3.54. The predicted octanol–water partition coefficient (Wildman–Crippen LogP) is 0.517. The number of piperazine rings is 1. The normalized spacial score (nSPS) is 24.7. The lowest BCUT2D eigenvalue weighted by Crippen LogP contribution is -3.15. The summed E-state index contributed by atoms with van der Waals surface area (Å²) >= 11 is 3.34. The summed E-state index contributed by atoms with van der Waals surface area (Å²) in [5.41, 5.74) is 0. The first-order chi connectivity index (χ1) is 10.6. The molecule has 3 rings (SSSR count). The summed E-state index contributed by atoms with van der Waals surface area (Å²) in [5, 5.41) is 0. The fourth-order valence-corrected chi connectivity index (χ4v) is 5.57. The molecule has 0 aliphatic carbocycles. The summed E-state index contributed by atoms with van der Waals surface area (Å²) in [7, 11) is -3.40. The van der Waals surface area contributed by atoms with Crippen molar-refractivity contribution in [3.8, 4) is 0 Å². The molecule has 0 aromatic heterocycles. The van der Waals surface area contributed by atoms with Crippen molar-refractivity contribution in [3.63, 3.8) is 0 Å². The standard InChI is InChI=1S/C15H21BrN2O3S/c16-14-5-1-2-6-15(14)22(19,20)18-9-7-17(8-10-18)12-13-4-3-11-21-13/h1-2,5-6,13H,3-4,7-12H2/p+1/t13-/m0/s1. The van der Waals surface area contributed by atoms with Crippen molar-refractivity contribution in [3.05, 3.63) is 28.7 Å². The molecule has 0 saturated carbocycles. The molecular formula is C15H22BrN2O3S+. The molecular weight excluding hydrogens is 368 g/mol. The van der Waals surface area contributed by atoms with E-state index in [4.69, 9.17) is 4.74 Å². The molecule has 0 radical (unpaired) electrons. The van der Waals surface area contributed by atoms with E-state index in [0.29, 0.717) is 28.6 Å². The first-order valence-electron chi connectivity index (χ1n) is 7.77. The average Bonchev–Trinajstić information content (AvgIpc) is 3.01. The molecule has 1 atom stereocenters. The van der Waals surface area contributed by atoms with Gasteiger partial charge in [-0.15, -0.1) is 0 Å². The van der Waals surface area contributed by atoms with Crippen LogP contribution in [0.25, 0.3) is 0 Å². The first-order valence-corrected chi connectivity index (χ1v) is 10.0. The number of nitrogens with one attached hydrogen (secondary N) is 1. The number of rotatable bonds is 4. The van der Waals surface area contributed by atoms with E-state index in [0.717, 1.165) is 39.1 Å². The van der Waals surface area contributed by atoms with E-state index in [-0.39, 0.29) is 0 Å². The van der Waals surface area contributed by atoms with Crippen molar-refractivity contribution >= 4 is 26.0 Å².